The predicted molar refractivity (Wildman–Crippen MR) is 151 cm³/mol. The van der Waals surface area contributed by atoms with Crippen LogP contribution in [0.2, 0.25) is 10.0 Å². The van der Waals surface area contributed by atoms with E-state index in [9.17, 15) is 4.79 Å². The minimum Gasteiger partial charge on any atom is -0.497 e. The number of carbonyl (C=O) groups is 1. The van der Waals surface area contributed by atoms with Gasteiger partial charge in [0.15, 0.2) is 0 Å². The standard InChI is InChI=1S/C23H23ClN2O3.C7H7ClO/c24-16-3-6-21-20(13-16)19-7-10-26(14-27)23(22(19)25-21)15-1-4-17(5-2-15)29-18-8-11-28-12-9-18;1-9-7-4-2-6(8)3-5-7/h1-6,13-14,18,23,25H,7-12H2;2-5H,1H3/t23-;/m0./s1. The Kier molecular flexibility index (Phi) is 8.42. The molecule has 3 heterocycles. The third-order valence-corrected chi connectivity index (χ3v) is 7.46. The van der Waals surface area contributed by atoms with E-state index < -0.39 is 0 Å². The number of amides is 1. The van der Waals surface area contributed by atoms with Gasteiger partial charge in [-0.15, -0.1) is 0 Å². The van der Waals surface area contributed by atoms with Crippen LogP contribution in [0.3, 0.4) is 0 Å². The van der Waals surface area contributed by atoms with E-state index in [0.717, 1.165) is 82.6 Å². The van der Waals surface area contributed by atoms with Crippen molar-refractivity contribution in [1.82, 2.24) is 9.88 Å². The Morgan fingerprint density at radius 1 is 0.947 bits per heavy atom. The maximum atomic E-state index is 11.8. The van der Waals surface area contributed by atoms with Crippen LogP contribution < -0.4 is 9.47 Å². The number of H-pyrrole nitrogens is 1. The average Bonchev–Trinajstić information content (AvgIpc) is 3.32. The fraction of sp³-hybridized carbons (Fsp3) is 0.300. The molecule has 2 aliphatic rings. The number of rotatable bonds is 5. The van der Waals surface area contributed by atoms with Gasteiger partial charge in [-0.2, -0.15) is 0 Å². The molecule has 0 unspecified atom stereocenters. The third-order valence-electron chi connectivity index (χ3n) is 6.98. The first-order chi connectivity index (χ1) is 18.6. The summed E-state index contributed by atoms with van der Waals surface area (Å²) >= 11 is 11.8. The van der Waals surface area contributed by atoms with Crippen LogP contribution >= 0.6 is 23.2 Å². The number of aromatic nitrogens is 1. The quantitative estimate of drug-likeness (QED) is 0.275. The van der Waals surface area contributed by atoms with Crippen LogP contribution in [0.4, 0.5) is 0 Å². The minimum absolute atomic E-state index is 0.139. The van der Waals surface area contributed by atoms with Crippen molar-refractivity contribution in [1.29, 1.82) is 0 Å². The van der Waals surface area contributed by atoms with E-state index in [1.54, 1.807) is 19.2 Å². The summed E-state index contributed by atoms with van der Waals surface area (Å²) < 4.78 is 16.4. The average molecular weight is 553 g/mol. The van der Waals surface area contributed by atoms with Crippen LogP contribution in [0.25, 0.3) is 10.9 Å². The van der Waals surface area contributed by atoms with E-state index in [0.29, 0.717) is 6.54 Å². The number of nitrogens with one attached hydrogen (secondary N) is 1. The van der Waals surface area contributed by atoms with E-state index in [2.05, 4.69) is 17.1 Å². The smallest absolute Gasteiger partial charge is 0.210 e. The van der Waals surface area contributed by atoms with Crippen molar-refractivity contribution >= 4 is 40.5 Å². The van der Waals surface area contributed by atoms with Crippen molar-refractivity contribution in [2.45, 2.75) is 31.4 Å². The van der Waals surface area contributed by atoms with E-state index in [1.807, 2.05) is 47.4 Å². The van der Waals surface area contributed by atoms with Crippen LogP contribution in [0, 0.1) is 0 Å². The van der Waals surface area contributed by atoms with Gasteiger partial charge in [0.2, 0.25) is 6.41 Å². The predicted octanol–water partition coefficient (Wildman–Crippen LogP) is 6.83. The summed E-state index contributed by atoms with van der Waals surface area (Å²) in [6, 6.07) is 21.1. The molecule has 1 aromatic heterocycles. The molecule has 3 aromatic carbocycles. The number of fused-ring (bicyclic) bond motifs is 3. The molecule has 38 heavy (non-hydrogen) atoms. The molecule has 0 radical (unpaired) electrons. The number of nitrogens with zero attached hydrogens (tertiary/aromatic N) is 1. The normalized spacial score (nSPS) is 17.3. The monoisotopic (exact) mass is 552 g/mol. The van der Waals surface area contributed by atoms with Crippen LogP contribution in [0.5, 0.6) is 11.5 Å². The Hall–Kier alpha value is -3.19. The number of hydrogen-bond donors (Lipinski definition) is 1. The van der Waals surface area contributed by atoms with Gasteiger partial charge < -0.3 is 24.1 Å². The molecule has 0 aliphatic carbocycles. The van der Waals surface area contributed by atoms with Crippen molar-refractivity contribution < 1.29 is 19.0 Å². The molecule has 1 saturated heterocycles. The van der Waals surface area contributed by atoms with Gasteiger partial charge in [-0.1, -0.05) is 35.3 Å². The van der Waals surface area contributed by atoms with Crippen LogP contribution in [-0.4, -0.2) is 49.3 Å². The summed E-state index contributed by atoms with van der Waals surface area (Å²) in [5, 5.41) is 2.60. The molecule has 0 saturated carbocycles. The molecule has 4 aromatic rings. The zero-order chi connectivity index (χ0) is 26.5. The highest BCUT2D eigenvalue weighted by Crippen LogP contribution is 2.39. The lowest BCUT2D eigenvalue weighted by Gasteiger charge is -2.33. The molecule has 1 N–H and O–H groups in total. The maximum absolute atomic E-state index is 11.8. The van der Waals surface area contributed by atoms with Crippen molar-refractivity contribution in [3.8, 4) is 11.5 Å². The van der Waals surface area contributed by atoms with Crippen molar-refractivity contribution in [2.75, 3.05) is 26.9 Å². The molecular weight excluding hydrogens is 523 g/mol. The molecule has 6 nitrogen and oxygen atoms in total. The zero-order valence-corrected chi connectivity index (χ0v) is 22.7. The molecule has 6 rings (SSSR count). The summed E-state index contributed by atoms with van der Waals surface area (Å²) in [5.41, 5.74) is 4.43. The van der Waals surface area contributed by atoms with Crippen molar-refractivity contribution in [2.24, 2.45) is 0 Å². The second-order valence-corrected chi connectivity index (χ2v) is 10.2. The molecule has 1 fully saturated rings. The summed E-state index contributed by atoms with van der Waals surface area (Å²) in [6.45, 7) is 2.19. The summed E-state index contributed by atoms with van der Waals surface area (Å²) in [7, 11) is 1.63. The van der Waals surface area contributed by atoms with E-state index >= 15 is 0 Å². The molecule has 8 heteroatoms. The van der Waals surface area contributed by atoms with Gasteiger partial charge in [-0.25, -0.2) is 0 Å². The number of carbonyl (C=O) groups excluding carboxylic acids is 1. The minimum atomic E-state index is -0.139. The second kappa shape index (κ2) is 12.1. The number of ether oxygens (including phenoxy) is 3. The van der Waals surface area contributed by atoms with Gasteiger partial charge in [-0.05, 0) is 72.1 Å². The van der Waals surface area contributed by atoms with E-state index in [4.69, 9.17) is 37.4 Å². The van der Waals surface area contributed by atoms with Crippen LogP contribution in [0.1, 0.15) is 35.7 Å². The maximum Gasteiger partial charge on any atom is 0.210 e. The number of hydrogen-bond acceptors (Lipinski definition) is 4. The lowest BCUT2D eigenvalue weighted by atomic mass is 9.93. The third kappa shape index (κ3) is 5.93. The van der Waals surface area contributed by atoms with Gasteiger partial charge in [0, 0.05) is 46.0 Å². The number of benzene rings is 3. The lowest BCUT2D eigenvalue weighted by molar-refractivity contribution is -0.120. The van der Waals surface area contributed by atoms with Gasteiger partial charge in [0.25, 0.3) is 0 Å². The van der Waals surface area contributed by atoms with Gasteiger partial charge >= 0.3 is 0 Å². The summed E-state index contributed by atoms with van der Waals surface area (Å²) in [5.74, 6) is 1.69. The molecule has 1 amide bonds. The second-order valence-electron chi connectivity index (χ2n) is 9.36. The highest BCUT2D eigenvalue weighted by Gasteiger charge is 2.31. The topological polar surface area (TPSA) is 63.8 Å². The first kappa shape index (κ1) is 26.4. The Morgan fingerprint density at radius 2 is 1.63 bits per heavy atom. The number of methoxy groups -OCH3 is 1. The molecular formula is C30H30Cl2N2O4. The van der Waals surface area contributed by atoms with Crippen LogP contribution in [-0.2, 0) is 16.0 Å². The van der Waals surface area contributed by atoms with Gasteiger partial charge in [0.05, 0.1) is 26.4 Å². The Labute approximate surface area is 232 Å². The molecule has 0 bridgehead atoms. The lowest BCUT2D eigenvalue weighted by Crippen LogP contribution is -2.35. The largest absolute Gasteiger partial charge is 0.497 e. The number of halogens is 2. The first-order valence-corrected chi connectivity index (χ1v) is 13.5. The Balaban J connectivity index is 0.000000278. The van der Waals surface area contributed by atoms with Crippen LogP contribution in [0.15, 0.2) is 66.7 Å². The zero-order valence-electron chi connectivity index (χ0n) is 21.2. The molecule has 198 valence electrons. The Bertz CT molecular complexity index is 1370. The SMILES string of the molecule is COc1ccc(Cl)cc1.O=CN1CCc2c([nH]c3ccc(Cl)cc23)[C@@H]1c1ccc(OC2CCOCC2)cc1. The number of aromatic amines is 1. The van der Waals surface area contributed by atoms with Crippen molar-refractivity contribution in [3.63, 3.8) is 0 Å². The molecule has 2 aliphatic heterocycles. The first-order valence-electron chi connectivity index (χ1n) is 12.7. The van der Waals surface area contributed by atoms with Gasteiger partial charge in [0.1, 0.15) is 17.6 Å². The molecule has 0 spiro atoms. The fourth-order valence-electron chi connectivity index (χ4n) is 5.04. The molecule has 1 atom stereocenters. The Morgan fingerprint density at radius 3 is 2.32 bits per heavy atom. The van der Waals surface area contributed by atoms with Gasteiger partial charge in [-0.3, -0.25) is 4.79 Å². The highest BCUT2D eigenvalue weighted by atomic mass is 35.5. The summed E-state index contributed by atoms with van der Waals surface area (Å²) in [4.78, 5) is 17.2. The fourth-order valence-corrected chi connectivity index (χ4v) is 5.33. The highest BCUT2D eigenvalue weighted by molar-refractivity contribution is 6.31. The van der Waals surface area contributed by atoms with E-state index in [1.165, 1.54) is 5.56 Å². The summed E-state index contributed by atoms with van der Waals surface area (Å²) in [6.07, 6.45) is 3.81. The van der Waals surface area contributed by atoms with E-state index in [-0.39, 0.29) is 12.1 Å². The van der Waals surface area contributed by atoms with Crippen molar-refractivity contribution in [3.05, 3.63) is 93.6 Å².